The number of nitrogens with one attached hydrogen (secondary N) is 2. The molecule has 2 aliphatic heterocycles. The zero-order chi connectivity index (χ0) is 11.9. The van der Waals surface area contributed by atoms with Crippen LogP contribution in [0, 0.1) is 5.41 Å². The maximum Gasteiger partial charge on any atom is 0.315 e. The number of urea groups is 1. The van der Waals surface area contributed by atoms with E-state index in [1.807, 2.05) is 0 Å². The van der Waals surface area contributed by atoms with E-state index in [-0.39, 0.29) is 30.2 Å². The van der Waals surface area contributed by atoms with E-state index in [0.717, 1.165) is 32.1 Å². The van der Waals surface area contributed by atoms with Crippen molar-refractivity contribution < 1.29 is 14.6 Å². The lowest BCUT2D eigenvalue weighted by Crippen LogP contribution is -2.47. The molecule has 2 bridgehead atoms. The number of aliphatic hydroxyl groups is 1. The molecule has 0 aromatic heterocycles. The highest BCUT2D eigenvalue weighted by molar-refractivity contribution is 5.74. The summed E-state index contributed by atoms with van der Waals surface area (Å²) in [7, 11) is 0. The van der Waals surface area contributed by atoms with Crippen LogP contribution in [-0.2, 0) is 4.74 Å². The zero-order valence-corrected chi connectivity index (χ0v) is 9.95. The summed E-state index contributed by atoms with van der Waals surface area (Å²) in [5.41, 5.74) is -0.0253. The number of carbonyl (C=O) groups is 1. The molecule has 3 rings (SSSR count). The van der Waals surface area contributed by atoms with Crippen molar-refractivity contribution in [3.8, 4) is 0 Å². The van der Waals surface area contributed by atoms with Crippen LogP contribution in [0.15, 0.2) is 0 Å². The minimum absolute atomic E-state index is 0.0253. The molecule has 1 saturated carbocycles. The molecule has 3 aliphatic rings. The number of aliphatic hydroxyl groups excluding tert-OH is 1. The van der Waals surface area contributed by atoms with Gasteiger partial charge in [0.2, 0.25) is 0 Å². The highest BCUT2D eigenvalue weighted by atomic mass is 16.5. The molecule has 3 atom stereocenters. The summed E-state index contributed by atoms with van der Waals surface area (Å²) in [5.74, 6) is 0. The second kappa shape index (κ2) is 4.14. The third-order valence-corrected chi connectivity index (χ3v) is 4.34. The molecule has 0 unspecified atom stereocenters. The van der Waals surface area contributed by atoms with E-state index in [2.05, 4.69) is 10.6 Å². The lowest BCUT2D eigenvalue weighted by Gasteiger charge is -2.21. The van der Waals surface area contributed by atoms with Gasteiger partial charge in [-0.3, -0.25) is 0 Å². The van der Waals surface area contributed by atoms with Crippen LogP contribution in [0.2, 0.25) is 0 Å². The Morgan fingerprint density at radius 1 is 1.41 bits per heavy atom. The fraction of sp³-hybridized carbons (Fsp3) is 0.917. The topological polar surface area (TPSA) is 70.6 Å². The maximum absolute atomic E-state index is 11.7. The van der Waals surface area contributed by atoms with Crippen LogP contribution in [0.25, 0.3) is 0 Å². The Hall–Kier alpha value is -0.810. The van der Waals surface area contributed by atoms with Crippen LogP contribution in [0.3, 0.4) is 0 Å². The molecule has 0 spiro atoms. The minimum atomic E-state index is -0.120. The molecule has 3 N–H and O–H groups in total. The number of amides is 2. The van der Waals surface area contributed by atoms with Gasteiger partial charge in [0.15, 0.2) is 0 Å². The van der Waals surface area contributed by atoms with Gasteiger partial charge in [-0.1, -0.05) is 0 Å². The lowest BCUT2D eigenvalue weighted by molar-refractivity contribution is 0.0980. The van der Waals surface area contributed by atoms with Gasteiger partial charge in [0, 0.05) is 12.0 Å². The molecule has 0 radical (unpaired) electrons. The molecule has 2 amide bonds. The Morgan fingerprint density at radius 3 is 2.76 bits per heavy atom. The molecule has 96 valence electrons. The first-order chi connectivity index (χ1) is 8.21. The molecule has 0 aromatic rings. The number of hydrogen-bond donors (Lipinski definition) is 3. The third kappa shape index (κ3) is 2.26. The Morgan fingerprint density at radius 2 is 2.24 bits per heavy atom. The van der Waals surface area contributed by atoms with E-state index in [1.165, 1.54) is 0 Å². The first-order valence-electron chi connectivity index (χ1n) is 6.51. The van der Waals surface area contributed by atoms with Crippen molar-refractivity contribution in [3.05, 3.63) is 0 Å². The van der Waals surface area contributed by atoms with Gasteiger partial charge in [0.25, 0.3) is 0 Å². The molecule has 3 fully saturated rings. The second-order valence-corrected chi connectivity index (χ2v) is 5.70. The van der Waals surface area contributed by atoms with Crippen LogP contribution in [0.4, 0.5) is 4.79 Å². The van der Waals surface area contributed by atoms with Gasteiger partial charge in [-0.15, -0.1) is 0 Å². The maximum atomic E-state index is 11.7. The summed E-state index contributed by atoms with van der Waals surface area (Å²) in [6, 6.07) is 0.0592. The number of rotatable bonds is 4. The van der Waals surface area contributed by atoms with Crippen molar-refractivity contribution in [2.75, 3.05) is 13.2 Å². The molecule has 1 aliphatic carbocycles. The van der Waals surface area contributed by atoms with E-state index < -0.39 is 0 Å². The van der Waals surface area contributed by atoms with E-state index in [4.69, 9.17) is 9.84 Å². The summed E-state index contributed by atoms with van der Waals surface area (Å²) in [4.78, 5) is 11.7. The van der Waals surface area contributed by atoms with Crippen LogP contribution in [0.5, 0.6) is 0 Å². The Balaban J connectivity index is 1.42. The van der Waals surface area contributed by atoms with Crippen LogP contribution in [0.1, 0.15) is 32.1 Å². The number of ether oxygens (including phenoxy) is 1. The summed E-state index contributed by atoms with van der Waals surface area (Å²) >= 11 is 0. The summed E-state index contributed by atoms with van der Waals surface area (Å²) in [6.07, 6.45) is 5.76. The van der Waals surface area contributed by atoms with Gasteiger partial charge in [-0.25, -0.2) is 4.79 Å². The molecule has 2 heterocycles. The van der Waals surface area contributed by atoms with Crippen molar-refractivity contribution >= 4 is 6.03 Å². The lowest BCUT2D eigenvalue weighted by atomic mass is 9.96. The van der Waals surface area contributed by atoms with Crippen molar-refractivity contribution in [1.82, 2.24) is 10.6 Å². The molecule has 0 aromatic carbocycles. The molecule has 2 saturated heterocycles. The summed E-state index contributed by atoms with van der Waals surface area (Å²) < 4.78 is 5.68. The monoisotopic (exact) mass is 240 g/mol. The van der Waals surface area contributed by atoms with Gasteiger partial charge in [-0.05, 0) is 32.1 Å². The second-order valence-electron chi connectivity index (χ2n) is 5.70. The standard InChI is InChI=1S/C12H20N2O3/c15-7-12(3-4-12)6-13-11(16)14-9-5-8-1-2-10(9)17-8/h8-10,15H,1-7H2,(H2,13,14,16)/t8-,9-,10-/m1/s1. The predicted molar refractivity (Wildman–Crippen MR) is 61.6 cm³/mol. The number of carbonyl (C=O) groups excluding carboxylic acids is 1. The van der Waals surface area contributed by atoms with Gasteiger partial charge < -0.3 is 20.5 Å². The summed E-state index contributed by atoms with van der Waals surface area (Å²) in [6.45, 7) is 0.752. The first kappa shape index (κ1) is 11.3. The Bertz CT molecular complexity index is 317. The van der Waals surface area contributed by atoms with E-state index in [0.29, 0.717) is 12.6 Å². The zero-order valence-electron chi connectivity index (χ0n) is 9.95. The van der Waals surface area contributed by atoms with Gasteiger partial charge in [0.1, 0.15) is 0 Å². The van der Waals surface area contributed by atoms with Crippen molar-refractivity contribution in [1.29, 1.82) is 0 Å². The fourth-order valence-electron chi connectivity index (χ4n) is 2.84. The Kier molecular flexibility index (Phi) is 2.75. The normalized spacial score (nSPS) is 36.9. The number of hydrogen-bond acceptors (Lipinski definition) is 3. The van der Waals surface area contributed by atoms with Gasteiger partial charge in [0.05, 0.1) is 24.9 Å². The van der Waals surface area contributed by atoms with Crippen LogP contribution < -0.4 is 10.6 Å². The fourth-order valence-corrected chi connectivity index (χ4v) is 2.84. The average Bonchev–Trinajstić information content (AvgIpc) is 2.83. The van der Waals surface area contributed by atoms with Crippen molar-refractivity contribution in [3.63, 3.8) is 0 Å². The smallest absolute Gasteiger partial charge is 0.315 e. The summed E-state index contributed by atoms with van der Waals surface area (Å²) in [5, 5.41) is 15.0. The SMILES string of the molecule is O=C(NCC1(CO)CC1)N[C@@H]1C[C@H]2CC[C@H]1O2. The molecular formula is C12H20N2O3. The average molecular weight is 240 g/mol. The highest BCUT2D eigenvalue weighted by Gasteiger charge is 2.43. The van der Waals surface area contributed by atoms with Gasteiger partial charge in [-0.2, -0.15) is 0 Å². The minimum Gasteiger partial charge on any atom is -0.396 e. The first-order valence-corrected chi connectivity index (χ1v) is 6.51. The largest absolute Gasteiger partial charge is 0.396 e. The van der Waals surface area contributed by atoms with Crippen LogP contribution >= 0.6 is 0 Å². The highest BCUT2D eigenvalue weighted by Crippen LogP contribution is 2.44. The molecular weight excluding hydrogens is 220 g/mol. The quantitative estimate of drug-likeness (QED) is 0.665. The van der Waals surface area contributed by atoms with E-state index in [9.17, 15) is 4.79 Å². The molecule has 17 heavy (non-hydrogen) atoms. The van der Waals surface area contributed by atoms with Crippen LogP contribution in [-0.4, -0.2) is 42.5 Å². The van der Waals surface area contributed by atoms with Crippen molar-refractivity contribution in [2.45, 2.75) is 50.4 Å². The van der Waals surface area contributed by atoms with E-state index >= 15 is 0 Å². The molecule has 5 nitrogen and oxygen atoms in total. The van der Waals surface area contributed by atoms with Gasteiger partial charge >= 0.3 is 6.03 Å². The third-order valence-electron chi connectivity index (χ3n) is 4.34. The predicted octanol–water partition coefficient (Wildman–Crippen LogP) is 0.378. The number of fused-ring (bicyclic) bond motifs is 2. The van der Waals surface area contributed by atoms with Crippen molar-refractivity contribution in [2.24, 2.45) is 5.41 Å². The Labute approximate surface area is 101 Å². The van der Waals surface area contributed by atoms with E-state index in [1.54, 1.807) is 0 Å². The molecule has 5 heteroatoms.